The molecule has 1 N–H and O–H groups in total. The maximum absolute atomic E-state index is 12.8. The van der Waals surface area contributed by atoms with Gasteiger partial charge in [-0.3, -0.25) is 9.59 Å². The second-order valence-corrected chi connectivity index (χ2v) is 9.98. The van der Waals surface area contributed by atoms with Crippen molar-refractivity contribution >= 4 is 29.3 Å². The molecule has 5 heteroatoms. The first-order valence-electron chi connectivity index (χ1n) is 12.0. The van der Waals surface area contributed by atoms with E-state index in [0.29, 0.717) is 13.1 Å². The molecule has 0 atom stereocenters. The molecule has 178 valence electrons. The van der Waals surface area contributed by atoms with Crippen LogP contribution in [0.2, 0.25) is 0 Å². The third-order valence-corrected chi connectivity index (χ3v) is 7.60. The van der Waals surface area contributed by atoms with E-state index in [1.54, 1.807) is 17.1 Å². The van der Waals surface area contributed by atoms with Crippen molar-refractivity contribution in [2.24, 2.45) is 0 Å². The first-order chi connectivity index (χ1) is 16.1. The number of fused-ring (bicyclic) bond motifs is 1. The van der Waals surface area contributed by atoms with Gasteiger partial charge in [0.25, 0.3) is 0 Å². The zero-order chi connectivity index (χ0) is 24.7. The topological polar surface area (TPSA) is 52.7 Å². The van der Waals surface area contributed by atoms with Crippen LogP contribution in [0.15, 0.2) is 55.1 Å². The Balaban J connectivity index is 1.74. The van der Waals surface area contributed by atoms with Gasteiger partial charge in [-0.15, -0.1) is 0 Å². The molecule has 2 aliphatic heterocycles. The highest BCUT2D eigenvalue weighted by molar-refractivity contribution is 6.07. The van der Waals surface area contributed by atoms with Gasteiger partial charge in [-0.1, -0.05) is 43.0 Å². The Hall–Kier alpha value is -3.34. The molecule has 2 aromatic rings. The lowest BCUT2D eigenvalue weighted by Gasteiger charge is -2.44. The molecule has 2 heterocycles. The number of likely N-dealkylation sites (N-methyl/N-ethyl adjacent to an activating group) is 1. The number of likely N-dealkylation sites (tertiary alicyclic amines) is 1. The number of carbonyl (C=O) groups is 2. The Labute approximate surface area is 203 Å². The number of hydrogen-bond donors (Lipinski definition) is 1. The molecular formula is C29H35N3O2. The van der Waals surface area contributed by atoms with Crippen LogP contribution in [0.3, 0.4) is 0 Å². The summed E-state index contributed by atoms with van der Waals surface area (Å²) in [4.78, 5) is 29.0. The van der Waals surface area contributed by atoms with Crippen molar-refractivity contribution in [3.05, 3.63) is 77.4 Å². The summed E-state index contributed by atoms with van der Waals surface area (Å²) in [5, 5.41) is 3.86. The molecule has 0 bridgehead atoms. The standard InChI is InChI=1S/C29H35N3O2/c1-7-10-26(33)32-17-15-29(16-18-32,23-12-9-11-21(8-2)20(23)3)30-22-13-14-24-25(19-22)31(6)27(34)28(24,4)5/h7-14,19,30H,2,15-18H2,1,3-6H3/b10-7+. The fourth-order valence-corrected chi connectivity index (χ4v) is 5.55. The van der Waals surface area contributed by atoms with Gasteiger partial charge < -0.3 is 15.1 Å². The minimum absolute atomic E-state index is 0.0626. The molecule has 1 fully saturated rings. The second-order valence-electron chi connectivity index (χ2n) is 9.98. The molecule has 2 aliphatic rings. The summed E-state index contributed by atoms with van der Waals surface area (Å²) in [6, 6.07) is 12.6. The van der Waals surface area contributed by atoms with Crippen LogP contribution in [0.25, 0.3) is 6.08 Å². The maximum Gasteiger partial charge on any atom is 0.246 e. The first-order valence-corrected chi connectivity index (χ1v) is 12.0. The molecule has 5 nitrogen and oxygen atoms in total. The van der Waals surface area contributed by atoms with Gasteiger partial charge in [0, 0.05) is 31.5 Å². The number of hydrogen-bond acceptors (Lipinski definition) is 3. The maximum atomic E-state index is 12.8. The number of allylic oxidation sites excluding steroid dienone is 1. The fourth-order valence-electron chi connectivity index (χ4n) is 5.55. The fraction of sp³-hybridized carbons (Fsp3) is 0.379. The van der Waals surface area contributed by atoms with Crippen molar-refractivity contribution in [2.45, 2.75) is 51.5 Å². The number of piperidine rings is 1. The van der Waals surface area contributed by atoms with Gasteiger partial charge in [-0.05, 0) is 81.0 Å². The lowest BCUT2D eigenvalue weighted by Crippen LogP contribution is -2.49. The summed E-state index contributed by atoms with van der Waals surface area (Å²) in [5.41, 5.74) is 5.68. The first kappa shape index (κ1) is 23.8. The van der Waals surface area contributed by atoms with E-state index in [9.17, 15) is 9.59 Å². The van der Waals surface area contributed by atoms with Crippen molar-refractivity contribution in [3.8, 4) is 0 Å². The van der Waals surface area contributed by atoms with Gasteiger partial charge in [-0.25, -0.2) is 0 Å². The minimum Gasteiger partial charge on any atom is -0.375 e. The number of anilines is 2. The summed E-state index contributed by atoms with van der Waals surface area (Å²) in [6.45, 7) is 13.3. The van der Waals surface area contributed by atoms with Crippen LogP contribution in [0.4, 0.5) is 11.4 Å². The van der Waals surface area contributed by atoms with Gasteiger partial charge in [0.15, 0.2) is 0 Å². The molecule has 0 radical (unpaired) electrons. The average molecular weight is 458 g/mol. The number of nitrogens with zero attached hydrogens (tertiary/aromatic N) is 2. The number of rotatable bonds is 5. The Morgan fingerprint density at radius 2 is 1.82 bits per heavy atom. The molecule has 2 aromatic carbocycles. The number of carbonyl (C=O) groups excluding carboxylic acids is 2. The van der Waals surface area contributed by atoms with Gasteiger partial charge in [0.1, 0.15) is 0 Å². The van der Waals surface area contributed by atoms with Crippen LogP contribution in [0.5, 0.6) is 0 Å². The van der Waals surface area contributed by atoms with Crippen LogP contribution in [-0.4, -0.2) is 36.9 Å². The zero-order valence-electron chi connectivity index (χ0n) is 20.9. The monoisotopic (exact) mass is 457 g/mol. The van der Waals surface area contributed by atoms with Crippen molar-refractivity contribution in [3.63, 3.8) is 0 Å². The molecule has 34 heavy (non-hydrogen) atoms. The van der Waals surface area contributed by atoms with Gasteiger partial charge >= 0.3 is 0 Å². The highest BCUT2D eigenvalue weighted by Crippen LogP contribution is 2.44. The van der Waals surface area contributed by atoms with E-state index in [1.807, 2.05) is 38.8 Å². The molecule has 0 spiro atoms. The Morgan fingerprint density at radius 1 is 1.12 bits per heavy atom. The molecule has 0 aromatic heterocycles. The number of amides is 2. The van der Waals surface area contributed by atoms with Crippen molar-refractivity contribution in [2.75, 3.05) is 30.4 Å². The number of benzene rings is 2. The Bertz CT molecular complexity index is 1170. The number of nitrogens with one attached hydrogen (secondary N) is 1. The summed E-state index contributed by atoms with van der Waals surface area (Å²) >= 11 is 0. The largest absolute Gasteiger partial charge is 0.375 e. The average Bonchev–Trinajstić information content (AvgIpc) is 2.99. The molecule has 0 saturated carbocycles. The third kappa shape index (κ3) is 3.83. The second kappa shape index (κ2) is 8.79. The molecule has 2 amide bonds. The van der Waals surface area contributed by atoms with Crippen LogP contribution < -0.4 is 10.2 Å². The summed E-state index contributed by atoms with van der Waals surface area (Å²) in [6.07, 6.45) is 6.91. The molecule has 0 unspecified atom stereocenters. The SMILES string of the molecule is C=Cc1cccc(C2(Nc3ccc4c(c3)N(C)C(=O)C4(C)C)CCN(C(=O)/C=C/C)CC2)c1C. The molecular weight excluding hydrogens is 422 g/mol. The van der Waals surface area contributed by atoms with Gasteiger partial charge in [0.05, 0.1) is 11.0 Å². The quantitative estimate of drug-likeness (QED) is 0.612. The van der Waals surface area contributed by atoms with E-state index >= 15 is 0 Å². The van der Waals surface area contributed by atoms with Crippen LogP contribution >= 0.6 is 0 Å². The molecule has 0 aliphatic carbocycles. The van der Waals surface area contributed by atoms with E-state index in [0.717, 1.165) is 35.3 Å². The lowest BCUT2D eigenvalue weighted by atomic mass is 9.77. The third-order valence-electron chi connectivity index (χ3n) is 7.60. The van der Waals surface area contributed by atoms with Gasteiger partial charge in [0.2, 0.25) is 11.8 Å². The van der Waals surface area contributed by atoms with Crippen molar-refractivity contribution in [1.29, 1.82) is 0 Å². The van der Waals surface area contributed by atoms with E-state index in [-0.39, 0.29) is 17.4 Å². The van der Waals surface area contributed by atoms with Crippen LogP contribution in [0.1, 0.15) is 55.9 Å². The summed E-state index contributed by atoms with van der Waals surface area (Å²) < 4.78 is 0. The van der Waals surface area contributed by atoms with E-state index in [2.05, 4.69) is 55.2 Å². The predicted octanol–water partition coefficient (Wildman–Crippen LogP) is 5.40. The molecule has 1 saturated heterocycles. The van der Waals surface area contributed by atoms with Crippen molar-refractivity contribution < 1.29 is 9.59 Å². The van der Waals surface area contributed by atoms with Crippen molar-refractivity contribution in [1.82, 2.24) is 4.90 Å². The normalized spacial score (nSPS) is 18.8. The van der Waals surface area contributed by atoms with E-state index in [4.69, 9.17) is 0 Å². The summed E-state index contributed by atoms with van der Waals surface area (Å²) in [5.74, 6) is 0.173. The highest BCUT2D eigenvalue weighted by Gasteiger charge is 2.43. The highest BCUT2D eigenvalue weighted by atomic mass is 16.2. The van der Waals surface area contributed by atoms with Crippen LogP contribution in [0, 0.1) is 6.92 Å². The molecule has 4 rings (SSSR count). The zero-order valence-corrected chi connectivity index (χ0v) is 20.9. The predicted molar refractivity (Wildman–Crippen MR) is 140 cm³/mol. The smallest absolute Gasteiger partial charge is 0.246 e. The Kier molecular flexibility index (Phi) is 6.15. The Morgan fingerprint density at radius 3 is 2.47 bits per heavy atom. The lowest BCUT2D eigenvalue weighted by molar-refractivity contribution is -0.127. The van der Waals surface area contributed by atoms with E-state index < -0.39 is 5.41 Å². The van der Waals surface area contributed by atoms with Gasteiger partial charge in [-0.2, -0.15) is 0 Å². The summed E-state index contributed by atoms with van der Waals surface area (Å²) in [7, 11) is 1.85. The van der Waals surface area contributed by atoms with Crippen LogP contribution in [-0.2, 0) is 20.5 Å². The minimum atomic E-state index is -0.520. The van der Waals surface area contributed by atoms with E-state index in [1.165, 1.54) is 11.1 Å².